The number of nitrogens with zero attached hydrogens (tertiary/aromatic N) is 1. The quantitative estimate of drug-likeness (QED) is 0.529. The number of carboxylic acids is 1. The molecule has 0 unspecified atom stereocenters. The van der Waals surface area contributed by atoms with Crippen molar-refractivity contribution < 1.29 is 24.2 Å². The summed E-state index contributed by atoms with van der Waals surface area (Å²) in [7, 11) is 1.64. The number of hydrogen-bond donors (Lipinski definition) is 2. The van der Waals surface area contributed by atoms with Gasteiger partial charge < -0.3 is 20.1 Å². The zero-order valence-corrected chi connectivity index (χ0v) is 19.3. The maximum Gasteiger partial charge on any atom is 0.407 e. The number of aromatic carboxylic acids is 1. The van der Waals surface area contributed by atoms with E-state index in [1.54, 1.807) is 19.2 Å². The molecule has 3 aromatic carbocycles. The van der Waals surface area contributed by atoms with E-state index in [1.165, 1.54) is 28.2 Å². The van der Waals surface area contributed by atoms with Gasteiger partial charge in [-0.3, -0.25) is 4.79 Å². The lowest BCUT2D eigenvalue weighted by atomic mass is 9.98. The van der Waals surface area contributed by atoms with Crippen molar-refractivity contribution in [3.63, 3.8) is 0 Å². The van der Waals surface area contributed by atoms with Crippen LogP contribution < -0.4 is 10.2 Å². The van der Waals surface area contributed by atoms with Crippen molar-refractivity contribution in [2.24, 2.45) is 11.8 Å². The molecular weight excluding hydrogens is 444 g/mol. The van der Waals surface area contributed by atoms with Crippen LogP contribution in [-0.4, -0.2) is 43.3 Å². The van der Waals surface area contributed by atoms with Crippen molar-refractivity contribution in [1.29, 1.82) is 0 Å². The number of carbonyl (C=O) groups excluding carboxylic acids is 2. The third kappa shape index (κ3) is 4.49. The van der Waals surface area contributed by atoms with Gasteiger partial charge in [0.1, 0.15) is 6.61 Å². The lowest BCUT2D eigenvalue weighted by Gasteiger charge is -2.18. The topological polar surface area (TPSA) is 95.9 Å². The van der Waals surface area contributed by atoms with Gasteiger partial charge in [-0.05, 0) is 52.8 Å². The Kier molecular flexibility index (Phi) is 5.99. The minimum absolute atomic E-state index is 0.00128. The van der Waals surface area contributed by atoms with Crippen LogP contribution in [0.3, 0.4) is 0 Å². The van der Waals surface area contributed by atoms with Crippen LogP contribution >= 0.6 is 0 Å². The molecule has 5 rings (SSSR count). The van der Waals surface area contributed by atoms with Crippen LogP contribution in [0.2, 0.25) is 0 Å². The first-order chi connectivity index (χ1) is 16.9. The number of anilines is 1. The predicted molar refractivity (Wildman–Crippen MR) is 131 cm³/mol. The van der Waals surface area contributed by atoms with Crippen LogP contribution in [0.25, 0.3) is 11.1 Å². The van der Waals surface area contributed by atoms with Crippen molar-refractivity contribution in [2.75, 3.05) is 25.1 Å². The molecule has 3 aromatic rings. The van der Waals surface area contributed by atoms with E-state index in [1.807, 2.05) is 24.3 Å². The second-order valence-corrected chi connectivity index (χ2v) is 9.06. The molecule has 2 aliphatic carbocycles. The number of ether oxygens (including phenoxy) is 1. The number of hydrogen-bond acceptors (Lipinski definition) is 4. The highest BCUT2D eigenvalue weighted by molar-refractivity contribution is 5.98. The van der Waals surface area contributed by atoms with Crippen LogP contribution in [0, 0.1) is 11.8 Å². The Labute approximate surface area is 203 Å². The van der Waals surface area contributed by atoms with Gasteiger partial charge in [0.25, 0.3) is 0 Å². The summed E-state index contributed by atoms with van der Waals surface area (Å²) in [5.74, 6) is -1.30. The molecule has 2 N–H and O–H groups in total. The Hall–Kier alpha value is -4.13. The summed E-state index contributed by atoms with van der Waals surface area (Å²) in [4.78, 5) is 37.9. The van der Waals surface area contributed by atoms with E-state index in [-0.39, 0.29) is 35.8 Å². The lowest BCUT2D eigenvalue weighted by Crippen LogP contribution is -2.31. The fourth-order valence-corrected chi connectivity index (χ4v) is 4.86. The fourth-order valence-electron chi connectivity index (χ4n) is 4.86. The third-order valence-corrected chi connectivity index (χ3v) is 6.90. The molecule has 7 nitrogen and oxygen atoms in total. The van der Waals surface area contributed by atoms with Crippen LogP contribution in [0.15, 0.2) is 72.8 Å². The SMILES string of the molecule is CN(C(=O)[C@H]1C[C@H]1CNC(=O)OCC1c2ccccc2-c2ccccc21)c1cccc(C(=O)O)c1. The number of rotatable bonds is 7. The Bertz CT molecular complexity index is 1260. The maximum absolute atomic E-state index is 12.8. The number of carboxylic acid groups (broad SMARTS) is 1. The first-order valence-corrected chi connectivity index (χ1v) is 11.6. The van der Waals surface area contributed by atoms with Gasteiger partial charge in [-0.15, -0.1) is 0 Å². The van der Waals surface area contributed by atoms with E-state index in [0.717, 1.165) is 11.1 Å². The van der Waals surface area contributed by atoms with Crippen LogP contribution in [0.5, 0.6) is 0 Å². The Morgan fingerprint density at radius 2 is 1.63 bits per heavy atom. The molecule has 0 bridgehead atoms. The zero-order chi connectivity index (χ0) is 24.5. The molecule has 7 heteroatoms. The highest BCUT2D eigenvalue weighted by atomic mass is 16.5. The minimum atomic E-state index is -1.04. The van der Waals surface area contributed by atoms with Gasteiger partial charge in [-0.25, -0.2) is 9.59 Å². The molecule has 1 saturated carbocycles. The molecule has 2 amide bonds. The Morgan fingerprint density at radius 3 is 2.29 bits per heavy atom. The first kappa shape index (κ1) is 22.7. The van der Waals surface area contributed by atoms with Gasteiger partial charge in [0.05, 0.1) is 5.56 Å². The van der Waals surface area contributed by atoms with Crippen molar-refractivity contribution in [3.8, 4) is 11.1 Å². The van der Waals surface area contributed by atoms with Gasteiger partial charge in [0.2, 0.25) is 5.91 Å². The molecular formula is C28H26N2O5. The number of benzene rings is 3. The molecule has 1 fully saturated rings. The summed E-state index contributed by atoms with van der Waals surface area (Å²) in [6.45, 7) is 0.603. The summed E-state index contributed by atoms with van der Waals surface area (Å²) in [5.41, 5.74) is 5.33. The van der Waals surface area contributed by atoms with Crippen molar-refractivity contribution in [2.45, 2.75) is 12.3 Å². The number of nitrogens with one attached hydrogen (secondary N) is 1. The smallest absolute Gasteiger partial charge is 0.407 e. The molecule has 0 saturated heterocycles. The molecule has 0 aromatic heterocycles. The van der Waals surface area contributed by atoms with E-state index in [2.05, 4.69) is 29.6 Å². The normalized spacial score (nSPS) is 17.7. The Morgan fingerprint density at radius 1 is 0.971 bits per heavy atom. The van der Waals surface area contributed by atoms with Crippen LogP contribution in [-0.2, 0) is 9.53 Å². The summed E-state index contributed by atoms with van der Waals surface area (Å²) in [6, 6.07) is 22.6. The van der Waals surface area contributed by atoms with Gasteiger partial charge in [0, 0.05) is 31.1 Å². The van der Waals surface area contributed by atoms with Gasteiger partial charge in [-0.1, -0.05) is 54.6 Å². The summed E-state index contributed by atoms with van der Waals surface area (Å²) in [5, 5.41) is 12.0. The van der Waals surface area contributed by atoms with E-state index >= 15 is 0 Å². The highest BCUT2D eigenvalue weighted by Gasteiger charge is 2.44. The second-order valence-electron chi connectivity index (χ2n) is 9.06. The lowest BCUT2D eigenvalue weighted by molar-refractivity contribution is -0.119. The molecule has 0 aliphatic heterocycles. The van der Waals surface area contributed by atoms with E-state index in [4.69, 9.17) is 9.84 Å². The van der Waals surface area contributed by atoms with Crippen molar-refractivity contribution in [1.82, 2.24) is 5.32 Å². The number of alkyl carbamates (subject to hydrolysis) is 1. The van der Waals surface area contributed by atoms with Crippen molar-refractivity contribution >= 4 is 23.7 Å². The number of carbonyl (C=O) groups is 3. The highest BCUT2D eigenvalue weighted by Crippen LogP contribution is 2.44. The average Bonchev–Trinajstić information content (AvgIpc) is 3.60. The number of amides is 2. The average molecular weight is 471 g/mol. The van der Waals surface area contributed by atoms with E-state index in [0.29, 0.717) is 18.7 Å². The van der Waals surface area contributed by atoms with E-state index in [9.17, 15) is 14.4 Å². The van der Waals surface area contributed by atoms with Crippen LogP contribution in [0.4, 0.5) is 10.5 Å². The number of fused-ring (bicyclic) bond motifs is 3. The summed E-state index contributed by atoms with van der Waals surface area (Å²) >= 11 is 0. The van der Waals surface area contributed by atoms with Gasteiger partial charge >= 0.3 is 12.1 Å². The fraction of sp³-hybridized carbons (Fsp3) is 0.250. The molecule has 178 valence electrons. The molecule has 0 spiro atoms. The van der Waals surface area contributed by atoms with Gasteiger partial charge in [-0.2, -0.15) is 0 Å². The van der Waals surface area contributed by atoms with E-state index < -0.39 is 12.1 Å². The molecule has 2 aliphatic rings. The summed E-state index contributed by atoms with van der Waals surface area (Å²) < 4.78 is 5.56. The maximum atomic E-state index is 12.8. The standard InChI is InChI=1S/C28H26N2O5/c1-30(19-8-6-7-17(13-19)27(32)33)26(31)24-14-18(24)15-29-28(34)35-16-25-22-11-4-2-9-20(22)21-10-3-5-12-23(21)25/h2-13,18,24-25H,14-16H2,1H3,(H,29,34)(H,32,33)/t18-,24-/m0/s1. The summed E-state index contributed by atoms with van der Waals surface area (Å²) in [6.07, 6.45) is 0.179. The first-order valence-electron chi connectivity index (χ1n) is 11.6. The molecule has 0 radical (unpaired) electrons. The monoisotopic (exact) mass is 470 g/mol. The Balaban J connectivity index is 1.12. The van der Waals surface area contributed by atoms with Crippen LogP contribution in [0.1, 0.15) is 33.8 Å². The third-order valence-electron chi connectivity index (χ3n) is 6.90. The predicted octanol–water partition coefficient (Wildman–Crippen LogP) is 4.52. The second kappa shape index (κ2) is 9.25. The largest absolute Gasteiger partial charge is 0.478 e. The minimum Gasteiger partial charge on any atom is -0.478 e. The molecule has 0 heterocycles. The molecule has 35 heavy (non-hydrogen) atoms. The molecule has 2 atom stereocenters. The van der Waals surface area contributed by atoms with Crippen molar-refractivity contribution in [3.05, 3.63) is 89.5 Å². The zero-order valence-electron chi connectivity index (χ0n) is 19.3. The van der Waals surface area contributed by atoms with Gasteiger partial charge in [0.15, 0.2) is 0 Å².